The number of nitrogens with one attached hydrogen (secondary N) is 1. The fraction of sp³-hybridized carbons (Fsp3) is 0.750. The second-order valence-corrected chi connectivity index (χ2v) is 6.37. The number of rotatable bonds is 6. The molecule has 3 rings (SSSR count). The van der Waals surface area contributed by atoms with Crippen molar-refractivity contribution in [3.8, 4) is 0 Å². The van der Waals surface area contributed by atoms with Crippen LogP contribution in [0.4, 0.5) is 10.6 Å². The Morgan fingerprint density at radius 3 is 3.00 bits per heavy atom. The number of methoxy groups -OCH3 is 1. The third kappa shape index (κ3) is 4.23. The van der Waals surface area contributed by atoms with Crippen molar-refractivity contribution in [3.05, 3.63) is 12.3 Å². The molecule has 0 spiro atoms. The van der Waals surface area contributed by atoms with Crippen LogP contribution in [0.25, 0.3) is 0 Å². The highest BCUT2D eigenvalue weighted by Crippen LogP contribution is 2.21. The van der Waals surface area contributed by atoms with Crippen molar-refractivity contribution in [1.82, 2.24) is 19.6 Å². The summed E-state index contributed by atoms with van der Waals surface area (Å²) in [5.41, 5.74) is 0. The van der Waals surface area contributed by atoms with Gasteiger partial charge < -0.3 is 9.64 Å². The number of ether oxygens (including phenoxy) is 1. The zero-order chi connectivity index (χ0) is 16.1. The number of anilines is 1. The Balaban J connectivity index is 1.45. The molecule has 7 heteroatoms. The van der Waals surface area contributed by atoms with Crippen LogP contribution in [-0.2, 0) is 11.3 Å². The molecule has 128 valence electrons. The minimum Gasteiger partial charge on any atom is -0.385 e. The third-order valence-electron chi connectivity index (χ3n) is 4.72. The van der Waals surface area contributed by atoms with E-state index in [1.165, 1.54) is 25.9 Å². The van der Waals surface area contributed by atoms with E-state index in [1.54, 1.807) is 7.11 Å². The molecule has 1 aromatic rings. The second-order valence-electron chi connectivity index (χ2n) is 6.37. The van der Waals surface area contributed by atoms with Gasteiger partial charge in [0.05, 0.1) is 0 Å². The minimum absolute atomic E-state index is 0.0335. The number of hydrogen-bond acceptors (Lipinski definition) is 4. The molecule has 0 aromatic carbocycles. The molecule has 1 N–H and O–H groups in total. The van der Waals surface area contributed by atoms with Gasteiger partial charge in [0, 0.05) is 51.7 Å². The van der Waals surface area contributed by atoms with Crippen molar-refractivity contribution < 1.29 is 9.53 Å². The molecule has 2 amide bonds. The Labute approximate surface area is 137 Å². The van der Waals surface area contributed by atoms with E-state index in [4.69, 9.17) is 4.74 Å². The van der Waals surface area contributed by atoms with Gasteiger partial charge in [-0.1, -0.05) is 0 Å². The third-order valence-corrected chi connectivity index (χ3v) is 4.72. The average molecular weight is 321 g/mol. The van der Waals surface area contributed by atoms with E-state index in [9.17, 15) is 4.79 Å². The van der Waals surface area contributed by atoms with Crippen LogP contribution in [0, 0.1) is 0 Å². The van der Waals surface area contributed by atoms with Crippen molar-refractivity contribution in [3.63, 3.8) is 0 Å². The Morgan fingerprint density at radius 1 is 1.39 bits per heavy atom. The van der Waals surface area contributed by atoms with Crippen LogP contribution in [0.5, 0.6) is 0 Å². The Bertz CT molecular complexity index is 512. The lowest BCUT2D eigenvalue weighted by Crippen LogP contribution is -2.38. The van der Waals surface area contributed by atoms with Crippen molar-refractivity contribution in [2.24, 2.45) is 0 Å². The van der Waals surface area contributed by atoms with Crippen LogP contribution in [0.15, 0.2) is 12.3 Å². The van der Waals surface area contributed by atoms with Gasteiger partial charge in [-0.2, -0.15) is 5.10 Å². The topological polar surface area (TPSA) is 62.6 Å². The maximum atomic E-state index is 12.4. The van der Waals surface area contributed by atoms with E-state index in [2.05, 4.69) is 15.3 Å². The van der Waals surface area contributed by atoms with Gasteiger partial charge in [-0.15, -0.1) is 0 Å². The molecule has 1 aromatic heterocycles. The summed E-state index contributed by atoms with van der Waals surface area (Å²) in [7, 11) is 1.69. The molecule has 2 fully saturated rings. The summed E-state index contributed by atoms with van der Waals surface area (Å²) in [6, 6.07) is 2.35. The highest BCUT2D eigenvalue weighted by atomic mass is 16.5. The van der Waals surface area contributed by atoms with Crippen LogP contribution in [-0.4, -0.2) is 71.5 Å². The highest BCUT2D eigenvalue weighted by Gasteiger charge is 2.31. The first-order valence-electron chi connectivity index (χ1n) is 8.58. The molecule has 1 atom stereocenters. The fourth-order valence-electron chi connectivity index (χ4n) is 3.44. The highest BCUT2D eigenvalue weighted by molar-refractivity contribution is 5.88. The predicted octanol–water partition coefficient (Wildman–Crippen LogP) is 1.62. The molecule has 23 heavy (non-hydrogen) atoms. The van der Waals surface area contributed by atoms with Crippen molar-refractivity contribution in [2.45, 2.75) is 38.3 Å². The Morgan fingerprint density at radius 2 is 2.22 bits per heavy atom. The largest absolute Gasteiger partial charge is 0.385 e. The first-order chi connectivity index (χ1) is 11.3. The molecule has 0 radical (unpaired) electrons. The van der Waals surface area contributed by atoms with Gasteiger partial charge >= 0.3 is 6.03 Å². The second kappa shape index (κ2) is 7.79. The van der Waals surface area contributed by atoms with Gasteiger partial charge in [-0.3, -0.25) is 14.9 Å². The number of aryl methyl sites for hydroxylation is 1. The first kappa shape index (κ1) is 16.3. The normalized spacial score (nSPS) is 22.0. The molecular weight excluding hydrogens is 294 g/mol. The van der Waals surface area contributed by atoms with Gasteiger partial charge in [-0.25, -0.2) is 4.79 Å². The minimum atomic E-state index is -0.0335. The SMILES string of the molecule is COCCCn1ccc(NC(=O)N2CC[C@@H](N3CCCC3)C2)n1. The Hall–Kier alpha value is -1.60. The Kier molecular flexibility index (Phi) is 5.51. The zero-order valence-electron chi connectivity index (χ0n) is 13.9. The molecule has 0 unspecified atom stereocenters. The fourth-order valence-corrected chi connectivity index (χ4v) is 3.44. The number of amides is 2. The van der Waals surface area contributed by atoms with Crippen LogP contribution in [0.2, 0.25) is 0 Å². The lowest BCUT2D eigenvalue weighted by Gasteiger charge is -2.23. The maximum absolute atomic E-state index is 12.4. The number of urea groups is 1. The number of aromatic nitrogens is 2. The molecule has 0 bridgehead atoms. The molecule has 0 saturated carbocycles. The van der Waals surface area contributed by atoms with Gasteiger partial charge in [-0.05, 0) is 38.8 Å². The van der Waals surface area contributed by atoms with E-state index in [0.29, 0.717) is 18.5 Å². The molecule has 7 nitrogen and oxygen atoms in total. The molecular formula is C16H27N5O2. The quantitative estimate of drug-likeness (QED) is 0.809. The van der Waals surface area contributed by atoms with Crippen LogP contribution < -0.4 is 5.32 Å². The van der Waals surface area contributed by atoms with E-state index in [1.807, 2.05) is 21.8 Å². The lowest BCUT2D eigenvalue weighted by molar-refractivity contribution is 0.189. The van der Waals surface area contributed by atoms with Crippen LogP contribution in [0.1, 0.15) is 25.7 Å². The molecule has 0 aliphatic carbocycles. The van der Waals surface area contributed by atoms with E-state index in [-0.39, 0.29) is 6.03 Å². The summed E-state index contributed by atoms with van der Waals surface area (Å²) < 4.78 is 6.87. The first-order valence-corrected chi connectivity index (χ1v) is 8.58. The smallest absolute Gasteiger partial charge is 0.323 e. The average Bonchev–Trinajstić information content (AvgIpc) is 3.29. The van der Waals surface area contributed by atoms with E-state index >= 15 is 0 Å². The van der Waals surface area contributed by atoms with Crippen molar-refractivity contribution in [1.29, 1.82) is 0 Å². The molecule has 2 saturated heterocycles. The lowest BCUT2D eigenvalue weighted by atomic mass is 10.2. The van der Waals surface area contributed by atoms with Gasteiger partial charge in [0.25, 0.3) is 0 Å². The number of carbonyl (C=O) groups is 1. The van der Waals surface area contributed by atoms with E-state index < -0.39 is 0 Å². The van der Waals surface area contributed by atoms with E-state index in [0.717, 1.165) is 32.5 Å². The summed E-state index contributed by atoms with van der Waals surface area (Å²) in [4.78, 5) is 16.8. The predicted molar refractivity (Wildman–Crippen MR) is 88.5 cm³/mol. The van der Waals surface area contributed by atoms with Gasteiger partial charge in [0.1, 0.15) is 0 Å². The van der Waals surface area contributed by atoms with Crippen LogP contribution in [0.3, 0.4) is 0 Å². The van der Waals surface area contributed by atoms with Crippen molar-refractivity contribution in [2.75, 3.05) is 45.2 Å². The summed E-state index contributed by atoms with van der Waals surface area (Å²) in [6.45, 7) is 5.55. The zero-order valence-corrected chi connectivity index (χ0v) is 13.9. The number of likely N-dealkylation sites (tertiary alicyclic amines) is 2. The summed E-state index contributed by atoms with van der Waals surface area (Å²) in [5, 5.41) is 7.29. The summed E-state index contributed by atoms with van der Waals surface area (Å²) in [6.07, 6.45) is 6.47. The molecule has 2 aliphatic heterocycles. The molecule has 2 aliphatic rings. The summed E-state index contributed by atoms with van der Waals surface area (Å²) in [5.74, 6) is 0.622. The standard InChI is InChI=1S/C16H27N5O2/c1-23-12-4-9-21-11-6-15(18-21)17-16(22)20-10-5-14(13-20)19-7-2-3-8-19/h6,11,14H,2-5,7-10,12-13H2,1H3,(H,17,18,22)/t14-/m1/s1. The monoisotopic (exact) mass is 321 g/mol. The molecule has 3 heterocycles. The summed E-state index contributed by atoms with van der Waals surface area (Å²) >= 11 is 0. The van der Waals surface area contributed by atoms with Gasteiger partial charge in [0.15, 0.2) is 5.82 Å². The maximum Gasteiger partial charge on any atom is 0.323 e. The van der Waals surface area contributed by atoms with Gasteiger partial charge in [0.2, 0.25) is 0 Å². The number of nitrogens with zero attached hydrogens (tertiary/aromatic N) is 4. The van der Waals surface area contributed by atoms with Crippen LogP contribution >= 0.6 is 0 Å². The van der Waals surface area contributed by atoms with Crippen molar-refractivity contribution >= 4 is 11.8 Å². The number of hydrogen-bond donors (Lipinski definition) is 1. The number of carbonyl (C=O) groups excluding carboxylic acids is 1.